The quantitative estimate of drug-likeness (QED) is 0.558. The van der Waals surface area contributed by atoms with Gasteiger partial charge < -0.3 is 24.8 Å². The van der Waals surface area contributed by atoms with Crippen LogP contribution in [0.15, 0.2) is 30.3 Å². The van der Waals surface area contributed by atoms with Gasteiger partial charge in [-0.3, -0.25) is 0 Å². The summed E-state index contributed by atoms with van der Waals surface area (Å²) in [5.41, 5.74) is 3.00. The van der Waals surface area contributed by atoms with E-state index in [1.807, 2.05) is 0 Å². The maximum absolute atomic E-state index is 2.36. The van der Waals surface area contributed by atoms with E-state index in [0.29, 0.717) is 0 Å². The number of hydrogen-bond donors (Lipinski definition) is 0. The van der Waals surface area contributed by atoms with Crippen LogP contribution in [0.1, 0.15) is 49.1 Å². The van der Waals surface area contributed by atoms with E-state index in [-0.39, 0.29) is 51.0 Å². The zero-order valence-corrected chi connectivity index (χ0v) is 15.2. The molecule has 101 valence electrons. The Morgan fingerprint density at radius 3 is 2.42 bits per heavy atom. The zero-order valence-electron chi connectivity index (χ0n) is 11.3. The molecular formula is C16H19Cl2Zr. The molecule has 0 aromatic heterocycles. The van der Waals surface area contributed by atoms with Crippen LogP contribution in [0, 0.1) is 6.92 Å². The Hall–Kier alpha value is 0.293. The molecule has 0 amide bonds. The van der Waals surface area contributed by atoms with Gasteiger partial charge in [-0.05, 0) is 18.8 Å². The second-order valence-corrected chi connectivity index (χ2v) is 5.22. The third kappa shape index (κ3) is 4.13. The summed E-state index contributed by atoms with van der Waals surface area (Å²) in [4.78, 5) is 0. The maximum Gasteiger partial charge on any atom is 3.00 e. The van der Waals surface area contributed by atoms with Crippen molar-refractivity contribution in [3.63, 3.8) is 0 Å². The predicted octanol–water partition coefficient (Wildman–Crippen LogP) is -1.08. The first-order chi connectivity index (χ1) is 7.84. The van der Waals surface area contributed by atoms with Crippen LogP contribution in [0.25, 0.3) is 10.8 Å². The fraction of sp³-hybridized carbons (Fsp3) is 0.438. The van der Waals surface area contributed by atoms with Crippen molar-refractivity contribution in [2.45, 2.75) is 44.9 Å². The topological polar surface area (TPSA) is 0 Å². The number of hydrogen-bond acceptors (Lipinski definition) is 0. The molecule has 1 aliphatic rings. The van der Waals surface area contributed by atoms with Gasteiger partial charge in [0, 0.05) is 0 Å². The van der Waals surface area contributed by atoms with Crippen molar-refractivity contribution < 1.29 is 51.0 Å². The van der Waals surface area contributed by atoms with Crippen molar-refractivity contribution >= 4 is 10.8 Å². The van der Waals surface area contributed by atoms with Gasteiger partial charge in [-0.15, -0.1) is 34.5 Å². The van der Waals surface area contributed by atoms with Crippen LogP contribution in [-0.4, -0.2) is 0 Å². The van der Waals surface area contributed by atoms with Gasteiger partial charge in [0.2, 0.25) is 0 Å². The van der Waals surface area contributed by atoms with Gasteiger partial charge >= 0.3 is 26.2 Å². The summed E-state index contributed by atoms with van der Waals surface area (Å²) < 4.78 is 0. The van der Waals surface area contributed by atoms with E-state index in [4.69, 9.17) is 0 Å². The van der Waals surface area contributed by atoms with Crippen LogP contribution in [-0.2, 0) is 26.2 Å². The minimum Gasteiger partial charge on any atom is -1.00 e. The Kier molecular flexibility index (Phi) is 8.68. The van der Waals surface area contributed by atoms with Crippen LogP contribution >= 0.6 is 0 Å². The van der Waals surface area contributed by atoms with E-state index < -0.39 is 0 Å². The number of benzene rings is 1. The van der Waals surface area contributed by atoms with Gasteiger partial charge in [0.15, 0.2) is 0 Å². The van der Waals surface area contributed by atoms with E-state index in [1.165, 1.54) is 48.4 Å². The van der Waals surface area contributed by atoms with E-state index in [0.717, 1.165) is 5.92 Å². The Morgan fingerprint density at radius 1 is 1.05 bits per heavy atom. The average molecular weight is 373 g/mol. The molecule has 1 saturated carbocycles. The second kappa shape index (κ2) is 8.55. The maximum atomic E-state index is 2.36. The fourth-order valence-electron chi connectivity index (χ4n) is 3.18. The summed E-state index contributed by atoms with van der Waals surface area (Å²) in [7, 11) is 0. The Labute approximate surface area is 147 Å². The van der Waals surface area contributed by atoms with E-state index in [9.17, 15) is 0 Å². The van der Waals surface area contributed by atoms with Crippen molar-refractivity contribution in [1.82, 2.24) is 0 Å². The average Bonchev–Trinajstić information content (AvgIpc) is 2.70. The molecule has 0 bridgehead atoms. The Balaban J connectivity index is 0.00000108. The fourth-order valence-corrected chi connectivity index (χ4v) is 3.18. The molecule has 2 aromatic rings. The van der Waals surface area contributed by atoms with E-state index in [1.54, 1.807) is 5.56 Å². The molecule has 3 heteroatoms. The van der Waals surface area contributed by atoms with Gasteiger partial charge in [-0.25, -0.2) is 0 Å². The minimum absolute atomic E-state index is 0. The van der Waals surface area contributed by atoms with E-state index in [2.05, 4.69) is 37.3 Å². The summed E-state index contributed by atoms with van der Waals surface area (Å²) in [6.07, 6.45) is 7.06. The molecular weight excluding hydrogens is 354 g/mol. The van der Waals surface area contributed by atoms with Crippen molar-refractivity contribution in [3.05, 3.63) is 41.5 Å². The molecule has 3 rings (SSSR count). The van der Waals surface area contributed by atoms with Gasteiger partial charge in [-0.2, -0.15) is 6.07 Å². The summed E-state index contributed by atoms with van der Waals surface area (Å²) in [6, 6.07) is 11.5. The molecule has 0 N–H and O–H groups in total. The SMILES string of the molecule is Cc1cc2c(C3CCCCC3)cccc2[cH-]1.[Cl-].[Cl-].[Zr+3]. The molecule has 0 saturated heterocycles. The molecule has 19 heavy (non-hydrogen) atoms. The molecule has 0 heterocycles. The van der Waals surface area contributed by atoms with Gasteiger partial charge in [0.05, 0.1) is 0 Å². The summed E-state index contributed by atoms with van der Waals surface area (Å²) in [6.45, 7) is 2.20. The van der Waals surface area contributed by atoms with Crippen molar-refractivity contribution in [2.24, 2.45) is 0 Å². The van der Waals surface area contributed by atoms with Crippen LogP contribution < -0.4 is 24.8 Å². The summed E-state index contributed by atoms with van der Waals surface area (Å²) in [5, 5.41) is 2.94. The van der Waals surface area contributed by atoms with Gasteiger partial charge in [0.25, 0.3) is 0 Å². The van der Waals surface area contributed by atoms with Gasteiger partial charge in [0.1, 0.15) is 0 Å². The minimum atomic E-state index is 0. The second-order valence-electron chi connectivity index (χ2n) is 5.22. The molecule has 1 aliphatic carbocycles. The zero-order chi connectivity index (χ0) is 11.0. The first-order valence-electron chi connectivity index (χ1n) is 6.50. The molecule has 0 spiro atoms. The monoisotopic (exact) mass is 371 g/mol. The van der Waals surface area contributed by atoms with Gasteiger partial charge in [-0.1, -0.05) is 37.8 Å². The smallest absolute Gasteiger partial charge is 1.00 e. The van der Waals surface area contributed by atoms with Crippen LogP contribution in [0.5, 0.6) is 0 Å². The molecule has 0 atom stereocenters. The van der Waals surface area contributed by atoms with E-state index >= 15 is 0 Å². The predicted molar refractivity (Wildman–Crippen MR) is 70.1 cm³/mol. The third-order valence-corrected chi connectivity index (χ3v) is 3.97. The molecule has 0 nitrogen and oxygen atoms in total. The van der Waals surface area contributed by atoms with Crippen LogP contribution in [0.3, 0.4) is 0 Å². The standard InChI is InChI=1S/C16H19.2ClH.Zr/c1-12-10-14-8-5-9-15(16(14)11-12)13-6-3-2-4-7-13;;;/h5,8-11,13H,2-4,6-7H2,1H3;2*1H;/q-1;;;+3/p-2. The molecule has 0 unspecified atom stereocenters. The first kappa shape index (κ1) is 19.3. The third-order valence-electron chi connectivity index (χ3n) is 3.97. The summed E-state index contributed by atoms with van der Waals surface area (Å²) >= 11 is 0. The van der Waals surface area contributed by atoms with Crippen molar-refractivity contribution in [2.75, 3.05) is 0 Å². The first-order valence-corrected chi connectivity index (χ1v) is 6.50. The molecule has 1 radical (unpaired) electrons. The largest absolute Gasteiger partial charge is 3.00 e. The number of aryl methyl sites for hydroxylation is 1. The number of fused-ring (bicyclic) bond motifs is 1. The number of halogens is 2. The molecule has 2 aromatic carbocycles. The summed E-state index contributed by atoms with van der Waals surface area (Å²) in [5.74, 6) is 0.819. The van der Waals surface area contributed by atoms with Crippen LogP contribution in [0.4, 0.5) is 0 Å². The number of rotatable bonds is 1. The Bertz CT molecular complexity index is 498. The molecule has 0 aliphatic heterocycles. The normalized spacial score (nSPS) is 15.2. The Morgan fingerprint density at radius 2 is 1.74 bits per heavy atom. The molecule has 1 fully saturated rings. The van der Waals surface area contributed by atoms with Crippen molar-refractivity contribution in [3.8, 4) is 0 Å². The van der Waals surface area contributed by atoms with Crippen LogP contribution in [0.2, 0.25) is 0 Å². The van der Waals surface area contributed by atoms with Crippen molar-refractivity contribution in [1.29, 1.82) is 0 Å².